The molecule has 78 valence electrons. The first-order valence-corrected chi connectivity index (χ1v) is 5.16. The number of hydrogen-bond acceptors (Lipinski definition) is 2. The maximum atomic E-state index is 10.6. The van der Waals surface area contributed by atoms with Gasteiger partial charge in [0.1, 0.15) is 0 Å². The van der Waals surface area contributed by atoms with Crippen molar-refractivity contribution < 1.29 is 4.79 Å². The highest BCUT2D eigenvalue weighted by atomic mass is 16.2. The molecular formula is C10H17N3O. The van der Waals surface area contributed by atoms with Gasteiger partial charge in [-0.15, -0.1) is 0 Å². The predicted octanol–water partition coefficient (Wildman–Crippen LogP) is 1.47. The van der Waals surface area contributed by atoms with Gasteiger partial charge >= 0.3 is 6.03 Å². The van der Waals surface area contributed by atoms with Crippen molar-refractivity contribution in [1.29, 1.82) is 0 Å². The van der Waals surface area contributed by atoms with Crippen LogP contribution in [0, 0.1) is 17.3 Å². The third-order valence-electron chi connectivity index (χ3n) is 4.16. The minimum absolute atomic E-state index is 0.202. The molecule has 3 N–H and O–H groups in total. The van der Waals surface area contributed by atoms with E-state index in [0.717, 1.165) is 18.1 Å². The SMILES string of the molecule is CC1C2CCC1(C)/C(=N\NC(N)=O)C2. The van der Waals surface area contributed by atoms with Crippen molar-refractivity contribution in [1.82, 2.24) is 5.43 Å². The molecule has 2 bridgehead atoms. The van der Waals surface area contributed by atoms with Crippen LogP contribution in [0.15, 0.2) is 5.10 Å². The summed E-state index contributed by atoms with van der Waals surface area (Å²) < 4.78 is 0. The molecule has 0 radical (unpaired) electrons. The van der Waals surface area contributed by atoms with Crippen LogP contribution in [-0.4, -0.2) is 11.7 Å². The lowest BCUT2D eigenvalue weighted by Gasteiger charge is -2.25. The number of urea groups is 1. The van der Waals surface area contributed by atoms with Crippen molar-refractivity contribution in [3.63, 3.8) is 0 Å². The van der Waals surface area contributed by atoms with E-state index >= 15 is 0 Å². The molecular weight excluding hydrogens is 178 g/mol. The molecule has 2 amide bonds. The van der Waals surface area contributed by atoms with E-state index in [2.05, 4.69) is 24.4 Å². The summed E-state index contributed by atoms with van der Waals surface area (Å²) in [4.78, 5) is 10.6. The highest BCUT2D eigenvalue weighted by Crippen LogP contribution is 2.55. The van der Waals surface area contributed by atoms with Crippen molar-refractivity contribution in [3.05, 3.63) is 0 Å². The molecule has 0 aromatic heterocycles. The fourth-order valence-electron chi connectivity index (χ4n) is 2.95. The zero-order valence-corrected chi connectivity index (χ0v) is 8.71. The topological polar surface area (TPSA) is 67.5 Å². The van der Waals surface area contributed by atoms with Crippen molar-refractivity contribution in [2.24, 2.45) is 28.1 Å². The number of carbonyl (C=O) groups is 1. The summed E-state index contributed by atoms with van der Waals surface area (Å²) in [5.74, 6) is 1.45. The molecule has 0 saturated heterocycles. The van der Waals surface area contributed by atoms with E-state index in [1.54, 1.807) is 0 Å². The number of hydrazone groups is 1. The quantitative estimate of drug-likeness (QED) is 0.611. The largest absolute Gasteiger partial charge is 0.350 e. The Labute approximate surface area is 83.9 Å². The second kappa shape index (κ2) is 2.97. The molecule has 4 heteroatoms. The van der Waals surface area contributed by atoms with Gasteiger partial charge in [-0.05, 0) is 31.1 Å². The lowest BCUT2D eigenvalue weighted by atomic mass is 9.80. The van der Waals surface area contributed by atoms with Crippen LogP contribution in [0.4, 0.5) is 4.79 Å². The Hall–Kier alpha value is -1.06. The van der Waals surface area contributed by atoms with Gasteiger partial charge < -0.3 is 5.73 Å². The van der Waals surface area contributed by atoms with E-state index in [9.17, 15) is 4.79 Å². The molecule has 0 heterocycles. The van der Waals surface area contributed by atoms with Gasteiger partial charge in [-0.25, -0.2) is 10.2 Å². The van der Waals surface area contributed by atoms with Crippen LogP contribution in [0.1, 0.15) is 33.1 Å². The molecule has 2 fully saturated rings. The Bertz CT molecular complexity index is 300. The number of nitrogens with zero attached hydrogens (tertiary/aromatic N) is 1. The molecule has 3 unspecified atom stereocenters. The molecule has 3 atom stereocenters. The average Bonchev–Trinajstić information content (AvgIpc) is 2.52. The molecule has 0 aromatic carbocycles. The van der Waals surface area contributed by atoms with Crippen molar-refractivity contribution in [2.45, 2.75) is 33.1 Å². The molecule has 2 saturated carbocycles. The van der Waals surface area contributed by atoms with Gasteiger partial charge in [0.15, 0.2) is 0 Å². The Balaban J connectivity index is 2.17. The average molecular weight is 195 g/mol. The molecule has 0 spiro atoms. The van der Waals surface area contributed by atoms with Crippen LogP contribution in [0.3, 0.4) is 0 Å². The van der Waals surface area contributed by atoms with Crippen LogP contribution in [0.2, 0.25) is 0 Å². The van der Waals surface area contributed by atoms with Crippen LogP contribution < -0.4 is 11.2 Å². The standard InChI is InChI=1S/C10H17N3O/c1-6-7-3-4-10(6,2)8(5-7)12-13-9(11)14/h6-7H,3-5H2,1-2H3,(H3,11,13,14)/b12-8-. The Morgan fingerprint density at radius 3 is 2.86 bits per heavy atom. The molecule has 4 nitrogen and oxygen atoms in total. The van der Waals surface area contributed by atoms with Crippen LogP contribution >= 0.6 is 0 Å². The minimum Gasteiger partial charge on any atom is -0.350 e. The van der Waals surface area contributed by atoms with Crippen LogP contribution in [-0.2, 0) is 0 Å². The monoisotopic (exact) mass is 195 g/mol. The third-order valence-corrected chi connectivity index (χ3v) is 4.16. The lowest BCUT2D eigenvalue weighted by Crippen LogP contribution is -2.31. The number of hydrogen-bond donors (Lipinski definition) is 2. The number of nitrogens with two attached hydrogens (primary N) is 1. The van der Waals surface area contributed by atoms with Gasteiger partial charge in [-0.2, -0.15) is 5.10 Å². The maximum Gasteiger partial charge on any atom is 0.332 e. The van der Waals surface area contributed by atoms with E-state index < -0.39 is 6.03 Å². The summed E-state index contributed by atoms with van der Waals surface area (Å²) in [5.41, 5.74) is 8.66. The number of fused-ring (bicyclic) bond motifs is 2. The molecule has 14 heavy (non-hydrogen) atoms. The first-order valence-electron chi connectivity index (χ1n) is 5.16. The van der Waals surface area contributed by atoms with E-state index in [1.807, 2.05) is 0 Å². The first kappa shape index (κ1) is 9.49. The second-order valence-corrected chi connectivity index (χ2v) is 4.74. The highest BCUT2D eigenvalue weighted by Gasteiger charge is 2.52. The van der Waals surface area contributed by atoms with Gasteiger partial charge in [0, 0.05) is 11.1 Å². The molecule has 2 aliphatic carbocycles. The summed E-state index contributed by atoms with van der Waals surface area (Å²) in [6, 6.07) is -0.573. The number of nitrogens with one attached hydrogen (secondary N) is 1. The number of carbonyl (C=O) groups excluding carboxylic acids is 1. The normalized spacial score (nSPS) is 43.1. The summed E-state index contributed by atoms with van der Waals surface area (Å²) in [5, 5.41) is 4.12. The fraction of sp³-hybridized carbons (Fsp3) is 0.800. The summed E-state index contributed by atoms with van der Waals surface area (Å²) in [7, 11) is 0. The first-order chi connectivity index (χ1) is 6.54. The lowest BCUT2D eigenvalue weighted by molar-refractivity contribution is 0.249. The van der Waals surface area contributed by atoms with Gasteiger partial charge in [0.05, 0.1) is 0 Å². The van der Waals surface area contributed by atoms with E-state index in [0.29, 0.717) is 5.92 Å². The van der Waals surface area contributed by atoms with Crippen LogP contribution in [0.5, 0.6) is 0 Å². The number of amides is 2. The predicted molar refractivity (Wildman–Crippen MR) is 54.8 cm³/mol. The van der Waals surface area contributed by atoms with E-state index in [4.69, 9.17) is 5.73 Å². The van der Waals surface area contributed by atoms with Gasteiger partial charge in [0.25, 0.3) is 0 Å². The van der Waals surface area contributed by atoms with E-state index in [1.165, 1.54) is 12.8 Å². The molecule has 0 aliphatic heterocycles. The zero-order valence-electron chi connectivity index (χ0n) is 8.71. The third kappa shape index (κ3) is 1.21. The summed E-state index contributed by atoms with van der Waals surface area (Å²) >= 11 is 0. The van der Waals surface area contributed by atoms with Crippen molar-refractivity contribution in [2.75, 3.05) is 0 Å². The zero-order chi connectivity index (χ0) is 10.3. The fourth-order valence-corrected chi connectivity index (χ4v) is 2.95. The van der Waals surface area contributed by atoms with Crippen molar-refractivity contribution in [3.8, 4) is 0 Å². The second-order valence-electron chi connectivity index (χ2n) is 4.74. The van der Waals surface area contributed by atoms with Gasteiger partial charge in [0.2, 0.25) is 0 Å². The molecule has 0 aromatic rings. The minimum atomic E-state index is -0.573. The number of rotatable bonds is 1. The summed E-state index contributed by atoms with van der Waals surface area (Å²) in [6.45, 7) is 4.52. The van der Waals surface area contributed by atoms with Crippen molar-refractivity contribution >= 4 is 11.7 Å². The Morgan fingerprint density at radius 1 is 1.71 bits per heavy atom. The maximum absolute atomic E-state index is 10.6. The smallest absolute Gasteiger partial charge is 0.332 e. The van der Waals surface area contributed by atoms with Crippen LogP contribution in [0.25, 0.3) is 0 Å². The molecule has 2 aliphatic rings. The van der Waals surface area contributed by atoms with E-state index in [-0.39, 0.29) is 5.41 Å². The highest BCUT2D eigenvalue weighted by molar-refractivity contribution is 5.94. The summed E-state index contributed by atoms with van der Waals surface area (Å²) in [6.07, 6.45) is 3.52. The van der Waals surface area contributed by atoms with Gasteiger partial charge in [-0.1, -0.05) is 13.8 Å². The van der Waals surface area contributed by atoms with Gasteiger partial charge in [-0.3, -0.25) is 0 Å². The number of primary amides is 1. The molecule has 2 rings (SSSR count). The Kier molecular flexibility index (Phi) is 2.01. The Morgan fingerprint density at radius 2 is 2.43 bits per heavy atom.